The number of carbonyl (C=O) groups excluding carboxylic acids is 2. The van der Waals surface area contributed by atoms with Crippen molar-refractivity contribution in [2.75, 3.05) is 26.4 Å². The second-order valence-electron chi connectivity index (χ2n) is 19.0. The molecular formula is C57H96O15. The van der Waals surface area contributed by atoms with Gasteiger partial charge in [0.15, 0.2) is 18.7 Å². The summed E-state index contributed by atoms with van der Waals surface area (Å²) >= 11 is 0. The van der Waals surface area contributed by atoms with Crippen LogP contribution in [0.25, 0.3) is 0 Å². The molecule has 0 amide bonds. The second-order valence-corrected chi connectivity index (χ2v) is 19.0. The first kappa shape index (κ1) is 65.1. The molecule has 0 radical (unpaired) electrons. The van der Waals surface area contributed by atoms with E-state index in [9.17, 15) is 45.3 Å². The molecule has 15 nitrogen and oxygen atoms in total. The fourth-order valence-electron chi connectivity index (χ4n) is 8.12. The monoisotopic (exact) mass is 1020 g/mol. The Kier molecular flexibility index (Phi) is 39.0. The van der Waals surface area contributed by atoms with Crippen molar-refractivity contribution in [3.63, 3.8) is 0 Å². The first-order valence-electron chi connectivity index (χ1n) is 27.5. The van der Waals surface area contributed by atoms with Crippen molar-refractivity contribution < 1.29 is 73.8 Å². The Balaban J connectivity index is 1.80. The molecule has 4 unspecified atom stereocenters. The molecule has 0 aromatic carbocycles. The minimum absolute atomic E-state index is 0.150. The molecule has 2 saturated heterocycles. The van der Waals surface area contributed by atoms with Crippen LogP contribution >= 0.6 is 0 Å². The predicted octanol–water partition coefficient (Wildman–Crippen LogP) is 8.60. The van der Waals surface area contributed by atoms with E-state index in [4.69, 9.17) is 28.4 Å². The van der Waals surface area contributed by atoms with Crippen LogP contribution in [0, 0.1) is 0 Å². The molecule has 2 rings (SSSR count). The summed E-state index contributed by atoms with van der Waals surface area (Å²) in [7, 11) is 0. The number of unbranched alkanes of at least 4 members (excludes halogenated alkanes) is 16. The molecule has 2 aliphatic rings. The molecule has 15 heteroatoms. The summed E-state index contributed by atoms with van der Waals surface area (Å²) in [6.07, 6.45) is 34.9. The summed E-state index contributed by atoms with van der Waals surface area (Å²) in [5, 5.41) is 72.2. The number of hydrogen-bond donors (Lipinski definition) is 7. The Labute approximate surface area is 432 Å². The summed E-state index contributed by atoms with van der Waals surface area (Å²) in [4.78, 5) is 25.8. The van der Waals surface area contributed by atoms with Gasteiger partial charge in [0.05, 0.1) is 19.8 Å². The van der Waals surface area contributed by atoms with Gasteiger partial charge in [-0.25, -0.2) is 0 Å². The number of aliphatic hydroxyl groups excluding tert-OH is 7. The van der Waals surface area contributed by atoms with E-state index in [0.717, 1.165) is 83.5 Å². The highest BCUT2D eigenvalue weighted by molar-refractivity contribution is 5.70. The van der Waals surface area contributed by atoms with Gasteiger partial charge in [-0.1, -0.05) is 157 Å². The van der Waals surface area contributed by atoms with Gasteiger partial charge in [0, 0.05) is 12.8 Å². The van der Waals surface area contributed by atoms with Gasteiger partial charge in [-0.15, -0.1) is 0 Å². The van der Waals surface area contributed by atoms with Crippen LogP contribution in [0.15, 0.2) is 72.9 Å². The molecule has 2 fully saturated rings. The van der Waals surface area contributed by atoms with E-state index in [1.807, 2.05) is 0 Å². The molecule has 2 heterocycles. The van der Waals surface area contributed by atoms with Crippen LogP contribution in [0.5, 0.6) is 0 Å². The summed E-state index contributed by atoms with van der Waals surface area (Å²) < 4.78 is 33.6. The van der Waals surface area contributed by atoms with Crippen molar-refractivity contribution in [1.29, 1.82) is 0 Å². The standard InChI is InChI=1S/C57H96O15/c1-3-5-7-9-11-13-15-17-19-21-22-24-26-28-30-32-34-36-38-40-49(60)70-45(42-67-48(59)39-37-35-33-31-29-27-25-23-20-18-16-14-12-10-8-6-4-2)43-68-56-55(66)53(64)51(62)47(72-56)44-69-57-54(65)52(63)50(61)46(41-58)71-57/h8,10-11,13-14,16-17,19-20,23,27,29,45-47,50-58,61-66H,3-7,9,12,15,18,21-22,24-26,28,30-44H2,1-2H3/b10-8+,13-11+,16-14+,19-17+,23-20+,29-27+/t45-,46+,47+,50-,51-,52?,53?,54?,55?,56+,57+/m1/s1. The average Bonchev–Trinajstić information content (AvgIpc) is 3.37. The van der Waals surface area contributed by atoms with Crippen LogP contribution < -0.4 is 0 Å². The van der Waals surface area contributed by atoms with Crippen molar-refractivity contribution >= 4 is 11.9 Å². The van der Waals surface area contributed by atoms with Crippen LogP contribution in [-0.4, -0.2) is 142 Å². The maximum absolute atomic E-state index is 13.0. The summed E-state index contributed by atoms with van der Waals surface area (Å²) in [5.41, 5.74) is 0. The maximum Gasteiger partial charge on any atom is 0.306 e. The third-order valence-corrected chi connectivity index (χ3v) is 12.6. The largest absolute Gasteiger partial charge is 0.462 e. The van der Waals surface area contributed by atoms with E-state index in [-0.39, 0.29) is 19.4 Å². The fraction of sp³-hybridized carbons (Fsp3) is 0.754. The highest BCUT2D eigenvalue weighted by atomic mass is 16.7. The SMILES string of the molecule is CCC/C=C/C/C=C/C/C=C/C/C=C/CCCCCC(=O)OC[C@H](CO[C@H]1O[C@@H](CO[C@H]2O[C@@H](CO)[C@@H](O)C(O)C2O)[C@@H](O)C(O)C1O)OC(=O)CCCCCCCCCCC/C=C/C/C=C/CCCCC. The van der Waals surface area contributed by atoms with Gasteiger partial charge in [-0.05, 0) is 83.5 Å². The number of esters is 2. The van der Waals surface area contributed by atoms with Gasteiger partial charge < -0.3 is 64.2 Å². The summed E-state index contributed by atoms with van der Waals surface area (Å²) in [6, 6.07) is 0. The maximum atomic E-state index is 13.0. The van der Waals surface area contributed by atoms with Crippen LogP contribution in [-0.2, 0) is 38.0 Å². The van der Waals surface area contributed by atoms with Gasteiger partial charge in [0.2, 0.25) is 0 Å². The van der Waals surface area contributed by atoms with E-state index >= 15 is 0 Å². The molecule has 7 N–H and O–H groups in total. The third-order valence-electron chi connectivity index (χ3n) is 12.6. The highest BCUT2D eigenvalue weighted by Gasteiger charge is 2.47. The predicted molar refractivity (Wildman–Crippen MR) is 279 cm³/mol. The van der Waals surface area contributed by atoms with E-state index in [1.165, 1.54) is 57.8 Å². The Morgan fingerprint density at radius 1 is 0.444 bits per heavy atom. The lowest BCUT2D eigenvalue weighted by Crippen LogP contribution is -2.61. The zero-order valence-corrected chi connectivity index (χ0v) is 43.9. The lowest BCUT2D eigenvalue weighted by molar-refractivity contribution is -0.332. The molecule has 0 saturated carbocycles. The number of allylic oxidation sites excluding steroid dienone is 12. The molecule has 0 spiro atoms. The Hall–Kier alpha value is -3.06. The Bertz CT molecular complexity index is 1530. The van der Waals surface area contributed by atoms with Gasteiger partial charge in [-0.3, -0.25) is 9.59 Å². The van der Waals surface area contributed by atoms with Gasteiger partial charge in [0.1, 0.15) is 55.4 Å². The number of aliphatic hydroxyl groups is 7. The zero-order chi connectivity index (χ0) is 52.4. The minimum atomic E-state index is -1.77. The molecule has 0 aliphatic carbocycles. The van der Waals surface area contributed by atoms with Crippen LogP contribution in [0.3, 0.4) is 0 Å². The van der Waals surface area contributed by atoms with E-state index in [0.29, 0.717) is 12.8 Å². The fourth-order valence-corrected chi connectivity index (χ4v) is 8.12. The van der Waals surface area contributed by atoms with Crippen LogP contribution in [0.1, 0.15) is 181 Å². The Morgan fingerprint density at radius 2 is 0.861 bits per heavy atom. The van der Waals surface area contributed by atoms with Crippen molar-refractivity contribution in [3.8, 4) is 0 Å². The average molecular weight is 1020 g/mol. The molecule has 414 valence electrons. The van der Waals surface area contributed by atoms with Crippen LogP contribution in [0.4, 0.5) is 0 Å². The van der Waals surface area contributed by atoms with Gasteiger partial charge >= 0.3 is 11.9 Å². The number of hydrogen-bond acceptors (Lipinski definition) is 15. The highest BCUT2D eigenvalue weighted by Crippen LogP contribution is 2.26. The van der Waals surface area contributed by atoms with Gasteiger partial charge in [0.25, 0.3) is 0 Å². The molecular weight excluding hydrogens is 925 g/mol. The Morgan fingerprint density at radius 3 is 1.38 bits per heavy atom. The lowest BCUT2D eigenvalue weighted by atomic mass is 9.98. The molecule has 0 aromatic rings. The normalized spacial score (nSPS) is 25.6. The van der Waals surface area contributed by atoms with Crippen LogP contribution in [0.2, 0.25) is 0 Å². The summed E-state index contributed by atoms with van der Waals surface area (Å²) in [6.45, 7) is 2.46. The van der Waals surface area contributed by atoms with Crippen molar-refractivity contribution in [2.45, 2.75) is 248 Å². The van der Waals surface area contributed by atoms with E-state index in [2.05, 4.69) is 86.8 Å². The van der Waals surface area contributed by atoms with Crippen molar-refractivity contribution in [1.82, 2.24) is 0 Å². The molecule has 0 aromatic heterocycles. The smallest absolute Gasteiger partial charge is 0.306 e. The third kappa shape index (κ3) is 30.3. The van der Waals surface area contributed by atoms with Crippen molar-refractivity contribution in [2.24, 2.45) is 0 Å². The molecule has 11 atom stereocenters. The van der Waals surface area contributed by atoms with E-state index < -0.39 is 99.3 Å². The molecule has 0 bridgehead atoms. The van der Waals surface area contributed by atoms with Gasteiger partial charge in [-0.2, -0.15) is 0 Å². The molecule has 2 aliphatic heterocycles. The number of ether oxygens (including phenoxy) is 6. The molecule has 72 heavy (non-hydrogen) atoms. The number of rotatable bonds is 42. The topological polar surface area (TPSA) is 231 Å². The lowest BCUT2D eigenvalue weighted by Gasteiger charge is -2.42. The minimum Gasteiger partial charge on any atom is -0.462 e. The summed E-state index contributed by atoms with van der Waals surface area (Å²) in [5.74, 6) is -0.969. The first-order valence-corrected chi connectivity index (χ1v) is 27.5. The first-order chi connectivity index (χ1) is 35.0. The quantitative estimate of drug-likeness (QED) is 0.0172. The second kappa shape index (κ2) is 43.2. The number of carbonyl (C=O) groups is 2. The van der Waals surface area contributed by atoms with E-state index in [1.54, 1.807) is 0 Å². The zero-order valence-electron chi connectivity index (χ0n) is 43.9. The van der Waals surface area contributed by atoms with Crippen molar-refractivity contribution in [3.05, 3.63) is 72.9 Å².